The van der Waals surface area contributed by atoms with Gasteiger partial charge in [-0.3, -0.25) is 9.89 Å². The summed E-state index contributed by atoms with van der Waals surface area (Å²) in [6.07, 6.45) is 0.400. The van der Waals surface area contributed by atoms with Gasteiger partial charge in [-0.05, 0) is 20.3 Å². The number of nitrogens with one attached hydrogen (secondary N) is 1. The van der Waals surface area contributed by atoms with Crippen molar-refractivity contribution in [1.82, 2.24) is 15.2 Å². The van der Waals surface area contributed by atoms with E-state index in [1.165, 1.54) is 0 Å². The molecule has 1 heterocycles. The van der Waals surface area contributed by atoms with Crippen LogP contribution in [0.15, 0.2) is 5.16 Å². The van der Waals surface area contributed by atoms with E-state index >= 15 is 0 Å². The molecule has 1 unspecified atom stereocenters. The third-order valence-electron chi connectivity index (χ3n) is 2.13. The van der Waals surface area contributed by atoms with Crippen LogP contribution in [0.3, 0.4) is 0 Å². The van der Waals surface area contributed by atoms with Crippen LogP contribution < -0.4 is 0 Å². The molecule has 1 rings (SSSR count). The first-order valence-corrected chi connectivity index (χ1v) is 5.60. The first-order valence-electron chi connectivity index (χ1n) is 4.78. The quantitative estimate of drug-likeness (QED) is 0.729. The number of aliphatic carboxylic acids is 1. The fraction of sp³-hybridized carbons (Fsp3) is 0.667. The molecule has 1 atom stereocenters. The number of ether oxygens (including phenoxy) is 1. The topological polar surface area (TPSA) is 88.1 Å². The van der Waals surface area contributed by atoms with Crippen LogP contribution in [0, 0.1) is 6.92 Å². The minimum Gasteiger partial charge on any atom is -0.480 e. The van der Waals surface area contributed by atoms with Crippen LogP contribution in [0.5, 0.6) is 0 Å². The monoisotopic (exact) mass is 245 g/mol. The number of carboxylic acids is 1. The van der Waals surface area contributed by atoms with Gasteiger partial charge in [-0.2, -0.15) is 0 Å². The second kappa shape index (κ2) is 5.31. The van der Waals surface area contributed by atoms with Gasteiger partial charge in [0.2, 0.25) is 5.16 Å². The highest BCUT2D eigenvalue weighted by Gasteiger charge is 2.35. The average molecular weight is 245 g/mol. The van der Waals surface area contributed by atoms with Gasteiger partial charge in [0, 0.05) is 13.7 Å². The molecular formula is C9H15N3O3S. The maximum atomic E-state index is 11.2. The highest BCUT2D eigenvalue weighted by Crippen LogP contribution is 2.33. The number of aromatic nitrogens is 3. The molecule has 6 nitrogen and oxygen atoms in total. The Balaban J connectivity index is 2.74. The maximum Gasteiger partial charge on any atom is 0.320 e. The van der Waals surface area contributed by atoms with Crippen molar-refractivity contribution in [1.29, 1.82) is 0 Å². The summed E-state index contributed by atoms with van der Waals surface area (Å²) in [5, 5.41) is 16.2. The number of carbonyl (C=O) groups is 1. The minimum atomic E-state index is -0.968. The van der Waals surface area contributed by atoms with E-state index in [2.05, 4.69) is 15.2 Å². The van der Waals surface area contributed by atoms with Gasteiger partial charge in [-0.1, -0.05) is 11.8 Å². The molecule has 1 aromatic heterocycles. The number of aromatic amines is 1. The van der Waals surface area contributed by atoms with Crippen LogP contribution >= 0.6 is 11.8 Å². The van der Waals surface area contributed by atoms with Crippen molar-refractivity contribution in [2.24, 2.45) is 0 Å². The number of thioether (sulfide) groups is 1. The van der Waals surface area contributed by atoms with Gasteiger partial charge in [0.25, 0.3) is 0 Å². The second-order valence-corrected chi connectivity index (χ2v) is 5.05. The molecule has 0 radical (unpaired) electrons. The molecule has 0 amide bonds. The van der Waals surface area contributed by atoms with Crippen molar-refractivity contribution in [2.45, 2.75) is 30.2 Å². The van der Waals surface area contributed by atoms with Crippen molar-refractivity contribution in [3.63, 3.8) is 0 Å². The summed E-state index contributed by atoms with van der Waals surface area (Å²) in [4.78, 5) is 15.3. The third kappa shape index (κ3) is 3.21. The van der Waals surface area contributed by atoms with Gasteiger partial charge in [0.1, 0.15) is 10.6 Å². The Morgan fingerprint density at radius 1 is 1.69 bits per heavy atom. The van der Waals surface area contributed by atoms with E-state index in [1.54, 1.807) is 21.0 Å². The molecule has 1 aromatic rings. The lowest BCUT2D eigenvalue weighted by Crippen LogP contribution is -2.32. The summed E-state index contributed by atoms with van der Waals surface area (Å²) in [6, 6.07) is 0. The number of H-pyrrole nitrogens is 1. The summed E-state index contributed by atoms with van der Waals surface area (Å²) in [5.41, 5.74) is 0. The SMILES string of the molecule is COCCC(C)(Sc1n[nH]c(C)n1)C(=O)O. The molecule has 7 heteroatoms. The van der Waals surface area contributed by atoms with Gasteiger partial charge >= 0.3 is 5.97 Å². The van der Waals surface area contributed by atoms with Crippen molar-refractivity contribution in [2.75, 3.05) is 13.7 Å². The Morgan fingerprint density at radius 3 is 2.81 bits per heavy atom. The molecule has 0 aliphatic rings. The van der Waals surface area contributed by atoms with Gasteiger partial charge in [0.15, 0.2) is 0 Å². The molecule has 0 aliphatic carbocycles. The van der Waals surface area contributed by atoms with Crippen molar-refractivity contribution >= 4 is 17.7 Å². The predicted molar refractivity (Wildman–Crippen MR) is 59.5 cm³/mol. The smallest absolute Gasteiger partial charge is 0.320 e. The standard InChI is InChI=1S/C9H15N3O3S/c1-6-10-8(12-11-6)16-9(2,7(13)14)4-5-15-3/h4-5H2,1-3H3,(H,13,14)(H,10,11,12). The Hall–Kier alpha value is -1.08. The number of methoxy groups -OCH3 is 1. The van der Waals surface area contributed by atoms with Gasteiger partial charge in [-0.15, -0.1) is 5.10 Å². The first-order chi connectivity index (χ1) is 7.48. The largest absolute Gasteiger partial charge is 0.480 e. The first kappa shape index (κ1) is 13.0. The number of hydrogen-bond donors (Lipinski definition) is 2. The molecule has 0 fully saturated rings. The minimum absolute atomic E-state index is 0.388. The lowest BCUT2D eigenvalue weighted by atomic mass is 10.1. The molecule has 2 N–H and O–H groups in total. The number of nitrogens with zero attached hydrogens (tertiary/aromatic N) is 2. The molecule has 0 aliphatic heterocycles. The third-order valence-corrected chi connectivity index (χ3v) is 3.32. The average Bonchev–Trinajstić information content (AvgIpc) is 2.60. The summed E-state index contributed by atoms with van der Waals surface area (Å²) in [6.45, 7) is 3.80. The van der Waals surface area contributed by atoms with E-state index in [0.29, 0.717) is 24.0 Å². The van der Waals surface area contributed by atoms with Crippen LogP contribution in [0.4, 0.5) is 0 Å². The lowest BCUT2D eigenvalue weighted by molar-refractivity contribution is -0.139. The molecule has 0 aromatic carbocycles. The molecule has 0 spiro atoms. The fourth-order valence-electron chi connectivity index (χ4n) is 1.07. The van der Waals surface area contributed by atoms with E-state index in [4.69, 9.17) is 4.74 Å². The predicted octanol–water partition coefficient (Wildman–Crippen LogP) is 1.09. The van der Waals surface area contributed by atoms with E-state index in [1.807, 2.05) is 0 Å². The lowest BCUT2D eigenvalue weighted by Gasteiger charge is -2.21. The van der Waals surface area contributed by atoms with Crippen molar-refractivity contribution < 1.29 is 14.6 Å². The molecule has 16 heavy (non-hydrogen) atoms. The van der Waals surface area contributed by atoms with E-state index < -0.39 is 10.7 Å². The Labute approximate surface area is 97.8 Å². The van der Waals surface area contributed by atoms with E-state index in [9.17, 15) is 9.90 Å². The Bertz CT molecular complexity index is 369. The van der Waals surface area contributed by atoms with Crippen LogP contribution in [0.2, 0.25) is 0 Å². The molecule has 0 saturated heterocycles. The number of carboxylic acid groups (broad SMARTS) is 1. The zero-order chi connectivity index (χ0) is 12.2. The fourth-order valence-corrected chi connectivity index (χ4v) is 2.02. The van der Waals surface area contributed by atoms with Crippen molar-refractivity contribution in [3.8, 4) is 0 Å². The Morgan fingerprint density at radius 2 is 2.38 bits per heavy atom. The summed E-state index contributed by atoms with van der Waals surface area (Å²) in [5.74, 6) is -0.223. The molecule has 0 bridgehead atoms. The van der Waals surface area contributed by atoms with E-state index in [-0.39, 0.29) is 0 Å². The highest BCUT2D eigenvalue weighted by molar-refractivity contribution is 8.01. The number of aryl methyl sites for hydroxylation is 1. The van der Waals surface area contributed by atoms with Crippen LogP contribution in [-0.4, -0.2) is 44.7 Å². The zero-order valence-corrected chi connectivity index (χ0v) is 10.3. The second-order valence-electron chi connectivity index (χ2n) is 3.58. The molecule has 90 valence electrons. The van der Waals surface area contributed by atoms with Gasteiger partial charge < -0.3 is 9.84 Å². The number of rotatable bonds is 6. The van der Waals surface area contributed by atoms with Crippen LogP contribution in [0.25, 0.3) is 0 Å². The van der Waals surface area contributed by atoms with Gasteiger partial charge in [0.05, 0.1) is 0 Å². The normalized spacial score (nSPS) is 14.7. The van der Waals surface area contributed by atoms with Crippen molar-refractivity contribution in [3.05, 3.63) is 5.82 Å². The van der Waals surface area contributed by atoms with E-state index in [0.717, 1.165) is 11.8 Å². The summed E-state index contributed by atoms with van der Waals surface area (Å²) >= 11 is 1.13. The number of hydrogen-bond acceptors (Lipinski definition) is 5. The maximum absolute atomic E-state index is 11.2. The summed E-state index contributed by atoms with van der Waals surface area (Å²) < 4.78 is 3.94. The molecule has 0 saturated carbocycles. The Kier molecular flexibility index (Phi) is 4.31. The summed E-state index contributed by atoms with van der Waals surface area (Å²) in [7, 11) is 1.55. The molecular weight excluding hydrogens is 230 g/mol. The van der Waals surface area contributed by atoms with Crippen LogP contribution in [0.1, 0.15) is 19.2 Å². The van der Waals surface area contributed by atoms with Crippen LogP contribution in [-0.2, 0) is 9.53 Å². The zero-order valence-electron chi connectivity index (χ0n) is 9.48. The van der Waals surface area contributed by atoms with Gasteiger partial charge in [-0.25, -0.2) is 4.98 Å². The highest BCUT2D eigenvalue weighted by atomic mass is 32.2.